The Morgan fingerprint density at radius 3 is 2.13 bits per heavy atom. The van der Waals surface area contributed by atoms with Crippen LogP contribution in [0.1, 0.15) is 68.6 Å². The van der Waals surface area contributed by atoms with Gasteiger partial charge in [-0.3, -0.25) is 4.79 Å². The van der Waals surface area contributed by atoms with Gasteiger partial charge in [-0.2, -0.15) is 13.2 Å². The fourth-order valence-electron chi connectivity index (χ4n) is 2.45. The topological polar surface area (TPSA) is 29.1 Å². The van der Waals surface area contributed by atoms with E-state index in [4.69, 9.17) is 0 Å². The van der Waals surface area contributed by atoms with E-state index in [-0.39, 0.29) is 12.0 Å². The predicted octanol–water partition coefficient (Wildman–Crippen LogP) is 5.49. The summed E-state index contributed by atoms with van der Waals surface area (Å²) >= 11 is 0. The lowest BCUT2D eigenvalue weighted by molar-refractivity contribution is -0.155. The molecular formula is C18H26F3NO. The summed E-state index contributed by atoms with van der Waals surface area (Å²) in [5.74, 6) is -0.670. The van der Waals surface area contributed by atoms with Gasteiger partial charge in [0, 0.05) is 5.56 Å². The molecule has 0 aliphatic rings. The Kier molecular flexibility index (Phi) is 8.74. The normalized spacial score (nSPS) is 12.9. The molecule has 0 aromatic heterocycles. The summed E-state index contributed by atoms with van der Waals surface area (Å²) in [7, 11) is 0. The largest absolute Gasteiger partial charge is 0.408 e. The van der Waals surface area contributed by atoms with E-state index in [9.17, 15) is 18.0 Å². The zero-order valence-electron chi connectivity index (χ0n) is 13.7. The lowest BCUT2D eigenvalue weighted by Gasteiger charge is -2.21. The van der Waals surface area contributed by atoms with Crippen LogP contribution in [0.25, 0.3) is 0 Å². The zero-order chi connectivity index (χ0) is 17.1. The fraction of sp³-hybridized carbons (Fsp3) is 0.611. The Hall–Kier alpha value is -1.52. The van der Waals surface area contributed by atoms with Crippen molar-refractivity contribution in [2.75, 3.05) is 0 Å². The molecule has 0 aliphatic heterocycles. The third kappa shape index (κ3) is 8.05. The highest BCUT2D eigenvalue weighted by atomic mass is 19.4. The number of hydrogen-bond donors (Lipinski definition) is 1. The van der Waals surface area contributed by atoms with Gasteiger partial charge in [-0.15, -0.1) is 0 Å². The van der Waals surface area contributed by atoms with Crippen molar-refractivity contribution in [3.05, 3.63) is 35.9 Å². The van der Waals surface area contributed by atoms with E-state index in [0.29, 0.717) is 6.42 Å². The SMILES string of the molecule is CCCCCCCCC[C@H](NC(=O)c1ccccc1)C(F)(F)F. The highest BCUT2D eigenvalue weighted by Gasteiger charge is 2.40. The van der Waals surface area contributed by atoms with E-state index in [2.05, 4.69) is 12.2 Å². The average Bonchev–Trinajstić information content (AvgIpc) is 2.52. The molecule has 0 heterocycles. The molecule has 0 saturated carbocycles. The molecule has 0 fully saturated rings. The van der Waals surface area contributed by atoms with E-state index in [1.165, 1.54) is 18.6 Å². The highest BCUT2D eigenvalue weighted by Crippen LogP contribution is 2.25. The lowest BCUT2D eigenvalue weighted by Crippen LogP contribution is -2.45. The van der Waals surface area contributed by atoms with Gasteiger partial charge < -0.3 is 5.32 Å². The molecule has 1 aromatic carbocycles. The monoisotopic (exact) mass is 329 g/mol. The van der Waals surface area contributed by atoms with Crippen LogP contribution < -0.4 is 5.32 Å². The van der Waals surface area contributed by atoms with Gasteiger partial charge in [0.2, 0.25) is 0 Å². The van der Waals surface area contributed by atoms with Gasteiger partial charge in [0.25, 0.3) is 5.91 Å². The molecular weight excluding hydrogens is 303 g/mol. The maximum atomic E-state index is 13.1. The molecule has 0 spiro atoms. The summed E-state index contributed by atoms with van der Waals surface area (Å²) in [5.41, 5.74) is 0.251. The standard InChI is InChI=1S/C18H26F3NO/c1-2-3-4-5-6-7-11-14-16(18(19,20)21)22-17(23)15-12-9-8-10-13-15/h8-10,12-13,16H,2-7,11,14H2,1H3,(H,22,23)/t16-/m0/s1. The fourth-order valence-corrected chi connectivity index (χ4v) is 2.45. The Morgan fingerprint density at radius 1 is 1.00 bits per heavy atom. The van der Waals surface area contributed by atoms with E-state index >= 15 is 0 Å². The van der Waals surface area contributed by atoms with E-state index in [0.717, 1.165) is 32.1 Å². The molecule has 1 aromatic rings. The zero-order valence-corrected chi connectivity index (χ0v) is 13.7. The summed E-state index contributed by atoms with van der Waals surface area (Å²) in [4.78, 5) is 11.9. The number of unbranched alkanes of at least 4 members (excludes halogenated alkanes) is 6. The second-order valence-corrected chi connectivity index (χ2v) is 5.84. The first-order chi connectivity index (χ1) is 10.9. The summed E-state index contributed by atoms with van der Waals surface area (Å²) < 4.78 is 39.2. The van der Waals surface area contributed by atoms with Gasteiger partial charge in [-0.25, -0.2) is 0 Å². The first-order valence-corrected chi connectivity index (χ1v) is 8.37. The van der Waals surface area contributed by atoms with Crippen molar-refractivity contribution in [2.45, 2.75) is 70.5 Å². The molecule has 23 heavy (non-hydrogen) atoms. The van der Waals surface area contributed by atoms with Crippen LogP contribution in [0.3, 0.4) is 0 Å². The number of hydrogen-bond acceptors (Lipinski definition) is 1. The third-order valence-corrected chi connectivity index (χ3v) is 3.83. The number of alkyl halides is 3. The van der Waals surface area contributed by atoms with Crippen LogP contribution in [-0.4, -0.2) is 18.1 Å². The Balaban J connectivity index is 2.40. The predicted molar refractivity (Wildman–Crippen MR) is 86.4 cm³/mol. The van der Waals surface area contributed by atoms with Gasteiger partial charge in [0.05, 0.1) is 0 Å². The Bertz CT molecular complexity index is 445. The van der Waals surface area contributed by atoms with E-state index in [1.54, 1.807) is 18.2 Å². The molecule has 0 radical (unpaired) electrons. The second kappa shape index (κ2) is 10.3. The maximum absolute atomic E-state index is 13.1. The molecule has 0 saturated heterocycles. The number of nitrogens with one attached hydrogen (secondary N) is 1. The van der Waals surface area contributed by atoms with Gasteiger partial charge in [-0.1, -0.05) is 70.1 Å². The molecule has 0 aliphatic carbocycles. The molecule has 2 nitrogen and oxygen atoms in total. The van der Waals surface area contributed by atoms with E-state index < -0.39 is 18.1 Å². The maximum Gasteiger partial charge on any atom is 0.408 e. The summed E-state index contributed by atoms with van der Waals surface area (Å²) in [5, 5.41) is 2.12. The summed E-state index contributed by atoms with van der Waals surface area (Å²) in [6, 6.07) is 6.23. The summed E-state index contributed by atoms with van der Waals surface area (Å²) in [6.45, 7) is 2.13. The van der Waals surface area contributed by atoms with Crippen LogP contribution in [0.15, 0.2) is 30.3 Å². The summed E-state index contributed by atoms with van der Waals surface area (Å²) in [6.07, 6.45) is 2.29. The number of halogens is 3. The minimum Gasteiger partial charge on any atom is -0.340 e. The highest BCUT2D eigenvalue weighted by molar-refractivity contribution is 5.94. The molecule has 5 heteroatoms. The minimum atomic E-state index is -4.41. The van der Waals surface area contributed by atoms with Crippen molar-refractivity contribution in [2.24, 2.45) is 0 Å². The minimum absolute atomic E-state index is 0.0597. The van der Waals surface area contributed by atoms with Crippen LogP contribution in [0.5, 0.6) is 0 Å². The lowest BCUT2D eigenvalue weighted by atomic mass is 10.0. The van der Waals surface area contributed by atoms with Crippen LogP contribution >= 0.6 is 0 Å². The van der Waals surface area contributed by atoms with E-state index in [1.807, 2.05) is 0 Å². The van der Waals surface area contributed by atoms with Gasteiger partial charge >= 0.3 is 6.18 Å². The van der Waals surface area contributed by atoms with Crippen LogP contribution in [0, 0.1) is 0 Å². The quantitative estimate of drug-likeness (QED) is 0.565. The van der Waals surface area contributed by atoms with Gasteiger partial charge in [0.1, 0.15) is 6.04 Å². The van der Waals surface area contributed by atoms with Crippen LogP contribution in [0.4, 0.5) is 13.2 Å². The first kappa shape index (κ1) is 19.5. The molecule has 0 unspecified atom stereocenters. The van der Waals surface area contributed by atoms with Crippen molar-refractivity contribution in [3.63, 3.8) is 0 Å². The van der Waals surface area contributed by atoms with Crippen LogP contribution in [0.2, 0.25) is 0 Å². The molecule has 1 atom stereocenters. The van der Waals surface area contributed by atoms with Crippen molar-refractivity contribution >= 4 is 5.91 Å². The number of rotatable bonds is 10. The Labute approximate surface area is 136 Å². The van der Waals surface area contributed by atoms with Crippen molar-refractivity contribution in [1.82, 2.24) is 5.32 Å². The molecule has 130 valence electrons. The van der Waals surface area contributed by atoms with Crippen LogP contribution in [-0.2, 0) is 0 Å². The van der Waals surface area contributed by atoms with Gasteiger partial charge in [-0.05, 0) is 18.6 Å². The van der Waals surface area contributed by atoms with Crippen molar-refractivity contribution in [3.8, 4) is 0 Å². The van der Waals surface area contributed by atoms with Crippen molar-refractivity contribution in [1.29, 1.82) is 0 Å². The number of amides is 1. The number of carbonyl (C=O) groups excluding carboxylic acids is 1. The second-order valence-electron chi connectivity index (χ2n) is 5.84. The number of carbonyl (C=O) groups is 1. The molecule has 1 N–H and O–H groups in total. The molecule has 0 bridgehead atoms. The van der Waals surface area contributed by atoms with Gasteiger partial charge in [0.15, 0.2) is 0 Å². The third-order valence-electron chi connectivity index (χ3n) is 3.83. The smallest absolute Gasteiger partial charge is 0.340 e. The number of benzene rings is 1. The molecule has 1 amide bonds. The molecule has 1 rings (SSSR count). The average molecular weight is 329 g/mol. The van der Waals surface area contributed by atoms with Crippen molar-refractivity contribution < 1.29 is 18.0 Å². The Morgan fingerprint density at radius 2 is 1.57 bits per heavy atom. The first-order valence-electron chi connectivity index (χ1n) is 8.37.